The summed E-state index contributed by atoms with van der Waals surface area (Å²) in [6.45, 7) is 2.86. The topological polar surface area (TPSA) is 61.4 Å². The molecular formula is C15H27N3O2. The van der Waals surface area contributed by atoms with Gasteiger partial charge in [0.25, 0.3) is 0 Å². The molecule has 2 N–H and O–H groups in total. The molecule has 20 heavy (non-hydrogen) atoms. The van der Waals surface area contributed by atoms with Crippen LogP contribution in [0.25, 0.3) is 0 Å². The lowest BCUT2D eigenvalue weighted by atomic mass is 9.85. The molecule has 5 nitrogen and oxygen atoms in total. The summed E-state index contributed by atoms with van der Waals surface area (Å²) in [4.78, 5) is 25.9. The molecule has 1 saturated heterocycles. The van der Waals surface area contributed by atoms with Crippen molar-refractivity contribution in [3.8, 4) is 0 Å². The third-order valence-corrected chi connectivity index (χ3v) is 4.58. The second-order valence-corrected chi connectivity index (χ2v) is 6.04. The number of amides is 2. The maximum Gasteiger partial charge on any atom is 0.240 e. The van der Waals surface area contributed by atoms with Gasteiger partial charge in [-0.1, -0.05) is 19.8 Å². The predicted molar refractivity (Wildman–Crippen MR) is 78.2 cm³/mol. The number of nitrogens with one attached hydrogen (secondary N) is 2. The van der Waals surface area contributed by atoms with E-state index < -0.39 is 0 Å². The van der Waals surface area contributed by atoms with Crippen molar-refractivity contribution in [2.75, 3.05) is 20.1 Å². The molecule has 1 aliphatic carbocycles. The standard InChI is InChI=1S/C15H27N3O2/c1-3-8-18(10-14(19)16-2)15(20)13-9-11-6-4-5-7-12(11)17-13/h11-13,17H,3-10H2,1-2H3,(H,16,19). The highest BCUT2D eigenvalue weighted by atomic mass is 16.2. The van der Waals surface area contributed by atoms with Gasteiger partial charge >= 0.3 is 0 Å². The summed E-state index contributed by atoms with van der Waals surface area (Å²) in [6, 6.07) is 0.431. The van der Waals surface area contributed by atoms with Crippen molar-refractivity contribution in [1.29, 1.82) is 0 Å². The normalized spacial score (nSPS) is 28.8. The number of hydrogen-bond donors (Lipinski definition) is 2. The van der Waals surface area contributed by atoms with E-state index in [0.717, 1.165) is 12.8 Å². The number of fused-ring (bicyclic) bond motifs is 1. The number of rotatable bonds is 5. The molecule has 0 bridgehead atoms. The second kappa shape index (κ2) is 7.07. The molecule has 1 saturated carbocycles. The van der Waals surface area contributed by atoms with Crippen molar-refractivity contribution in [2.24, 2.45) is 5.92 Å². The van der Waals surface area contributed by atoms with Gasteiger partial charge in [0.1, 0.15) is 0 Å². The quantitative estimate of drug-likeness (QED) is 0.787. The van der Waals surface area contributed by atoms with Crippen LogP contribution in [0.15, 0.2) is 0 Å². The first-order valence-electron chi connectivity index (χ1n) is 7.91. The number of likely N-dealkylation sites (N-methyl/N-ethyl adjacent to an activating group) is 1. The summed E-state index contributed by atoms with van der Waals surface area (Å²) in [6.07, 6.45) is 6.81. The zero-order chi connectivity index (χ0) is 14.5. The van der Waals surface area contributed by atoms with Crippen LogP contribution in [0.2, 0.25) is 0 Å². The fourth-order valence-corrected chi connectivity index (χ4v) is 3.52. The van der Waals surface area contributed by atoms with Crippen LogP contribution >= 0.6 is 0 Å². The van der Waals surface area contributed by atoms with Gasteiger partial charge in [-0.2, -0.15) is 0 Å². The fraction of sp³-hybridized carbons (Fsp3) is 0.867. The van der Waals surface area contributed by atoms with Crippen LogP contribution in [0.1, 0.15) is 45.4 Å². The molecule has 0 aromatic carbocycles. The third-order valence-electron chi connectivity index (χ3n) is 4.58. The SMILES string of the molecule is CCCN(CC(=O)NC)C(=O)C1CC2CCCCC2N1. The Morgan fingerprint density at radius 2 is 2.05 bits per heavy atom. The highest BCUT2D eigenvalue weighted by Gasteiger charge is 2.39. The largest absolute Gasteiger partial charge is 0.358 e. The van der Waals surface area contributed by atoms with Gasteiger partial charge in [0, 0.05) is 19.6 Å². The van der Waals surface area contributed by atoms with Gasteiger partial charge in [0.2, 0.25) is 11.8 Å². The minimum absolute atomic E-state index is 0.0840. The lowest BCUT2D eigenvalue weighted by molar-refractivity contribution is -0.137. The number of carbonyl (C=O) groups is 2. The predicted octanol–water partition coefficient (Wildman–Crippen LogP) is 0.892. The maximum absolute atomic E-state index is 12.6. The van der Waals surface area contributed by atoms with Crippen molar-refractivity contribution < 1.29 is 9.59 Å². The summed E-state index contributed by atoms with van der Waals surface area (Å²) < 4.78 is 0. The van der Waals surface area contributed by atoms with Crippen LogP contribution in [0, 0.1) is 5.92 Å². The van der Waals surface area contributed by atoms with Crippen LogP contribution in [-0.2, 0) is 9.59 Å². The van der Waals surface area contributed by atoms with E-state index >= 15 is 0 Å². The minimum Gasteiger partial charge on any atom is -0.358 e. The van der Waals surface area contributed by atoms with Crippen LogP contribution < -0.4 is 10.6 Å². The van der Waals surface area contributed by atoms with Gasteiger partial charge < -0.3 is 15.5 Å². The molecule has 0 aromatic heterocycles. The molecule has 5 heteroatoms. The fourth-order valence-electron chi connectivity index (χ4n) is 3.52. The Balaban J connectivity index is 1.95. The Morgan fingerprint density at radius 3 is 2.70 bits per heavy atom. The van der Waals surface area contributed by atoms with Gasteiger partial charge in [-0.15, -0.1) is 0 Å². The lowest BCUT2D eigenvalue weighted by Crippen LogP contribution is -2.48. The average molecular weight is 281 g/mol. The highest BCUT2D eigenvalue weighted by Crippen LogP contribution is 2.33. The van der Waals surface area contributed by atoms with E-state index in [9.17, 15) is 9.59 Å². The number of nitrogens with zero attached hydrogens (tertiary/aromatic N) is 1. The zero-order valence-corrected chi connectivity index (χ0v) is 12.7. The van der Waals surface area contributed by atoms with E-state index in [2.05, 4.69) is 10.6 Å². The second-order valence-electron chi connectivity index (χ2n) is 6.04. The van der Waals surface area contributed by atoms with E-state index in [1.807, 2.05) is 6.92 Å². The van der Waals surface area contributed by atoms with Crippen LogP contribution in [0.5, 0.6) is 0 Å². The van der Waals surface area contributed by atoms with Crippen molar-refractivity contribution >= 4 is 11.8 Å². The first-order chi connectivity index (χ1) is 9.65. The molecule has 1 heterocycles. The first kappa shape index (κ1) is 15.3. The summed E-state index contributed by atoms with van der Waals surface area (Å²) in [5, 5.41) is 6.10. The average Bonchev–Trinajstić information content (AvgIpc) is 2.89. The molecule has 1 aliphatic heterocycles. The van der Waals surface area contributed by atoms with Crippen LogP contribution in [0.4, 0.5) is 0 Å². The van der Waals surface area contributed by atoms with Crippen molar-refractivity contribution in [2.45, 2.75) is 57.5 Å². The Morgan fingerprint density at radius 1 is 1.30 bits per heavy atom. The molecule has 2 aliphatic rings. The van der Waals surface area contributed by atoms with Gasteiger partial charge in [-0.3, -0.25) is 9.59 Å². The van der Waals surface area contributed by atoms with Crippen molar-refractivity contribution in [3.05, 3.63) is 0 Å². The van der Waals surface area contributed by atoms with Crippen molar-refractivity contribution in [3.63, 3.8) is 0 Å². The van der Waals surface area contributed by atoms with Gasteiger partial charge in [0.15, 0.2) is 0 Å². The summed E-state index contributed by atoms with van der Waals surface area (Å²) >= 11 is 0. The molecular weight excluding hydrogens is 254 g/mol. The van der Waals surface area contributed by atoms with Gasteiger partial charge in [-0.05, 0) is 31.6 Å². The Hall–Kier alpha value is -1.10. The first-order valence-corrected chi connectivity index (χ1v) is 7.91. The van der Waals surface area contributed by atoms with Gasteiger partial charge in [-0.25, -0.2) is 0 Å². The molecule has 0 radical (unpaired) electrons. The maximum atomic E-state index is 12.6. The number of hydrogen-bond acceptors (Lipinski definition) is 3. The highest BCUT2D eigenvalue weighted by molar-refractivity contribution is 5.87. The smallest absolute Gasteiger partial charge is 0.240 e. The Bertz CT molecular complexity index is 345. The van der Waals surface area contributed by atoms with Crippen molar-refractivity contribution in [1.82, 2.24) is 15.5 Å². The monoisotopic (exact) mass is 281 g/mol. The van der Waals surface area contributed by atoms with Crippen LogP contribution in [0.3, 0.4) is 0 Å². The molecule has 2 fully saturated rings. The molecule has 2 rings (SSSR count). The summed E-state index contributed by atoms with van der Waals surface area (Å²) in [5.74, 6) is 0.660. The van der Waals surface area contributed by atoms with E-state index in [-0.39, 0.29) is 24.4 Å². The van der Waals surface area contributed by atoms with Crippen LogP contribution in [-0.4, -0.2) is 48.9 Å². The number of carbonyl (C=O) groups excluding carboxylic acids is 2. The van der Waals surface area contributed by atoms with E-state index in [1.54, 1.807) is 11.9 Å². The summed E-state index contributed by atoms with van der Waals surface area (Å²) in [7, 11) is 1.61. The lowest BCUT2D eigenvalue weighted by Gasteiger charge is -2.25. The molecule has 0 aromatic rings. The zero-order valence-electron chi connectivity index (χ0n) is 12.7. The van der Waals surface area contributed by atoms with E-state index in [4.69, 9.17) is 0 Å². The molecule has 3 atom stereocenters. The molecule has 0 spiro atoms. The molecule has 3 unspecified atom stereocenters. The van der Waals surface area contributed by atoms with Gasteiger partial charge in [0.05, 0.1) is 12.6 Å². The molecule has 114 valence electrons. The van der Waals surface area contributed by atoms with E-state index in [1.165, 1.54) is 25.7 Å². The minimum atomic E-state index is -0.0952. The molecule has 2 amide bonds. The van der Waals surface area contributed by atoms with E-state index in [0.29, 0.717) is 18.5 Å². The summed E-state index contributed by atoms with van der Waals surface area (Å²) in [5.41, 5.74) is 0. The third kappa shape index (κ3) is 3.51. The Kier molecular flexibility index (Phi) is 5.40. The Labute approximate surface area is 121 Å².